The fraction of sp³-hybridized carbons (Fsp3) is 0.417. The normalized spacial score (nSPS) is 12.6. The molecule has 1 N–H and O–H groups in total. The number of aliphatic hydroxyl groups excluding tert-OH is 1. The van der Waals surface area contributed by atoms with Crippen LogP contribution in [0.3, 0.4) is 0 Å². The van der Waals surface area contributed by atoms with Gasteiger partial charge in [0.25, 0.3) is 0 Å². The topological polar surface area (TPSA) is 63.3 Å². The molecule has 0 aliphatic carbocycles. The van der Waals surface area contributed by atoms with Crippen molar-refractivity contribution < 1.29 is 34.4 Å². The molecular weight excluding hydrogens is 863 g/mol. The monoisotopic (exact) mass is 921 g/mol. The van der Waals surface area contributed by atoms with Crippen molar-refractivity contribution in [3.05, 3.63) is 101 Å². The van der Waals surface area contributed by atoms with Gasteiger partial charge in [-0.1, -0.05) is 124 Å². The molecule has 0 fully saturated rings. The van der Waals surface area contributed by atoms with Crippen LogP contribution in [-0.4, -0.2) is 15.9 Å². The van der Waals surface area contributed by atoms with E-state index in [1.165, 1.54) is 32.0 Å². The number of hydrogen-bond donors (Lipinski definition) is 1. The molecule has 289 valence electrons. The Labute approximate surface area is 340 Å². The van der Waals surface area contributed by atoms with Crippen molar-refractivity contribution in [1.29, 1.82) is 0 Å². The van der Waals surface area contributed by atoms with E-state index in [1.54, 1.807) is 6.26 Å². The molecule has 0 saturated carbocycles. The van der Waals surface area contributed by atoms with Crippen LogP contribution in [0.25, 0.3) is 54.3 Å². The third-order valence-electron chi connectivity index (χ3n) is 11.4. The zero-order valence-corrected chi connectivity index (χ0v) is 37.3. The van der Waals surface area contributed by atoms with Gasteiger partial charge in [0.05, 0.1) is 6.26 Å². The summed E-state index contributed by atoms with van der Waals surface area (Å²) in [6.07, 6.45) is 7.61. The van der Waals surface area contributed by atoms with Crippen LogP contribution in [0, 0.1) is 22.8 Å². The molecule has 0 unspecified atom stereocenters. The van der Waals surface area contributed by atoms with Crippen molar-refractivity contribution in [2.45, 2.75) is 114 Å². The van der Waals surface area contributed by atoms with Gasteiger partial charge >= 0.3 is 0 Å². The van der Waals surface area contributed by atoms with Gasteiger partial charge < -0.3 is 9.52 Å². The van der Waals surface area contributed by atoms with E-state index in [0.717, 1.165) is 71.0 Å². The van der Waals surface area contributed by atoms with E-state index in [1.807, 2.05) is 58.9 Å². The fourth-order valence-corrected chi connectivity index (χ4v) is 8.05. The predicted molar refractivity (Wildman–Crippen MR) is 227 cm³/mol. The Morgan fingerprint density at radius 1 is 0.889 bits per heavy atom. The molecule has 6 rings (SSSR count). The van der Waals surface area contributed by atoms with Gasteiger partial charge in [-0.25, -0.2) is 0 Å². The van der Waals surface area contributed by atoms with Gasteiger partial charge in [0, 0.05) is 63.9 Å². The second-order valence-electron chi connectivity index (χ2n) is 16.6. The molecule has 3 aromatic heterocycles. The Hall–Kier alpha value is -3.57. The molecule has 54 heavy (non-hydrogen) atoms. The summed E-state index contributed by atoms with van der Waals surface area (Å²) in [7, 11) is 0. The van der Waals surface area contributed by atoms with E-state index in [-0.39, 0.29) is 47.9 Å². The van der Waals surface area contributed by atoms with Crippen LogP contribution in [0.1, 0.15) is 112 Å². The number of benzene rings is 3. The number of hydrogen-bond acceptors (Lipinski definition) is 5. The number of nitrogens with zero attached hydrogens (tertiary/aromatic N) is 1. The van der Waals surface area contributed by atoms with Crippen LogP contribution in [0.2, 0.25) is 0 Å². The minimum absolute atomic E-state index is 0. The minimum Gasteiger partial charge on any atom is -0.512 e. The number of furan rings is 1. The smallest absolute Gasteiger partial charge is 0.164 e. The van der Waals surface area contributed by atoms with E-state index < -0.39 is 0 Å². The molecule has 3 heterocycles. The number of aromatic nitrogens is 1. The molecular formula is C48H58IrNO3S-. The van der Waals surface area contributed by atoms with E-state index in [4.69, 9.17) is 9.40 Å². The van der Waals surface area contributed by atoms with Crippen LogP contribution in [0.15, 0.2) is 89.2 Å². The molecule has 0 spiro atoms. The summed E-state index contributed by atoms with van der Waals surface area (Å²) in [6, 6.07) is 27.6. The molecule has 0 aliphatic heterocycles. The number of carbonyl (C=O) groups excluding carboxylic acids is 1. The second kappa shape index (κ2) is 17.5. The van der Waals surface area contributed by atoms with Crippen molar-refractivity contribution in [1.82, 2.24) is 4.98 Å². The summed E-state index contributed by atoms with van der Waals surface area (Å²) in [5, 5.41) is 13.8. The fourth-order valence-electron chi connectivity index (χ4n) is 6.74. The number of carbonyl (C=O) groups is 1. The second-order valence-corrected chi connectivity index (χ2v) is 17.7. The Kier molecular flexibility index (Phi) is 14.0. The van der Waals surface area contributed by atoms with E-state index in [0.29, 0.717) is 5.92 Å². The maximum Gasteiger partial charge on any atom is 0.164 e. The van der Waals surface area contributed by atoms with Gasteiger partial charge in [-0.05, 0) is 66.5 Å². The molecule has 0 aliphatic rings. The molecule has 6 heteroatoms. The van der Waals surface area contributed by atoms with Crippen LogP contribution in [-0.2, 0) is 36.7 Å². The van der Waals surface area contributed by atoms with Gasteiger partial charge in [-0.3, -0.25) is 9.78 Å². The van der Waals surface area contributed by atoms with Crippen LogP contribution in [0.5, 0.6) is 0 Å². The number of aliphatic hydroxyl groups is 1. The van der Waals surface area contributed by atoms with E-state index in [2.05, 4.69) is 101 Å². The number of fused-ring (bicyclic) bond motifs is 3. The van der Waals surface area contributed by atoms with E-state index in [9.17, 15) is 9.90 Å². The third-order valence-corrected chi connectivity index (χ3v) is 12.5. The number of thiophene rings is 1. The van der Waals surface area contributed by atoms with Crippen molar-refractivity contribution in [2.24, 2.45) is 16.7 Å². The van der Waals surface area contributed by atoms with Crippen LogP contribution in [0.4, 0.5) is 0 Å². The zero-order valence-electron chi connectivity index (χ0n) is 34.1. The summed E-state index contributed by atoms with van der Waals surface area (Å²) in [4.78, 5) is 18.6. The van der Waals surface area contributed by atoms with Gasteiger partial charge in [-0.2, -0.15) is 0 Å². The molecule has 0 atom stereocenters. The SMILES string of the molecule is CC(C)Cc1cc2ccc(-c3cc(-c4[c-]c5ccccc5c(C(C)(C)C)c4)nc4ccoc34)cc2s1.CCC(C)(CC)C(=O)/C=C(\O)C(C)(CC)CC.[Ir]. The van der Waals surface area contributed by atoms with Gasteiger partial charge in [0.1, 0.15) is 11.3 Å². The standard InChI is InChI=1S/C33H30NOS.C15H28O2.Ir/c1-20(2)14-25-16-23-11-10-22(18-31(23)36-25)27-19-30(34-29-12-13-35-32(27)29)24-15-21-8-6-7-9-26(21)28(17-24)33(3,4)5;1-7-14(5,8-2)12(16)11-13(17)15(6,9-3)10-4;/h6-13,16-20H,14H2,1-5H3;11,16H,7-10H2,1-6H3;/q-1;;/b;12-11-;. The molecule has 1 radical (unpaired) electrons. The summed E-state index contributed by atoms with van der Waals surface area (Å²) >= 11 is 1.90. The largest absolute Gasteiger partial charge is 0.512 e. The first-order chi connectivity index (χ1) is 25.0. The quantitative estimate of drug-likeness (QED) is 0.0799. The predicted octanol–water partition coefficient (Wildman–Crippen LogP) is 14.5. The van der Waals surface area contributed by atoms with Crippen molar-refractivity contribution in [2.75, 3.05) is 0 Å². The number of allylic oxidation sites excluding steroid dienone is 2. The summed E-state index contributed by atoms with van der Waals surface area (Å²) in [5.74, 6) is 0.938. The molecule has 0 saturated heterocycles. The van der Waals surface area contributed by atoms with Crippen molar-refractivity contribution >= 4 is 49.1 Å². The van der Waals surface area contributed by atoms with Gasteiger partial charge in [0.15, 0.2) is 11.4 Å². The number of pyridine rings is 1. The molecule has 0 amide bonds. The minimum atomic E-state index is -0.337. The van der Waals surface area contributed by atoms with Gasteiger partial charge in [0.2, 0.25) is 0 Å². The van der Waals surface area contributed by atoms with E-state index >= 15 is 0 Å². The number of ketones is 1. The first-order valence-electron chi connectivity index (χ1n) is 19.4. The average Bonchev–Trinajstić information content (AvgIpc) is 3.79. The van der Waals surface area contributed by atoms with Crippen molar-refractivity contribution in [3.63, 3.8) is 0 Å². The number of rotatable bonds is 11. The maximum absolute atomic E-state index is 12.2. The summed E-state index contributed by atoms with van der Waals surface area (Å²) in [5.41, 5.74) is 6.56. The third kappa shape index (κ3) is 9.27. The first-order valence-corrected chi connectivity index (χ1v) is 20.2. The maximum atomic E-state index is 12.2. The Morgan fingerprint density at radius 2 is 1.56 bits per heavy atom. The van der Waals surface area contributed by atoms with Crippen LogP contribution >= 0.6 is 11.3 Å². The van der Waals surface area contributed by atoms with Crippen molar-refractivity contribution in [3.8, 4) is 22.4 Å². The van der Waals surface area contributed by atoms with Crippen LogP contribution < -0.4 is 0 Å². The molecule has 4 nitrogen and oxygen atoms in total. The summed E-state index contributed by atoms with van der Waals surface area (Å²) in [6.45, 7) is 23.4. The zero-order chi connectivity index (χ0) is 38.7. The summed E-state index contributed by atoms with van der Waals surface area (Å²) < 4.78 is 7.26. The average molecular weight is 921 g/mol. The first kappa shape index (κ1) is 43.2. The van der Waals surface area contributed by atoms with Gasteiger partial charge in [-0.15, -0.1) is 40.5 Å². The molecule has 6 aromatic rings. The molecule has 3 aromatic carbocycles. The molecule has 0 bridgehead atoms. The Morgan fingerprint density at radius 3 is 2.19 bits per heavy atom. The Bertz CT molecular complexity index is 2240. The Balaban J connectivity index is 0.000000309.